The molecule has 4 aromatic carbocycles. The van der Waals surface area contributed by atoms with Crippen LogP contribution in [0.4, 0.5) is 0 Å². The molecule has 0 saturated carbocycles. The van der Waals surface area contributed by atoms with Gasteiger partial charge in [0.15, 0.2) is 0 Å². The van der Waals surface area contributed by atoms with Crippen LogP contribution in [0.2, 0.25) is 0 Å². The molecule has 8 heteroatoms. The van der Waals surface area contributed by atoms with Crippen molar-refractivity contribution in [1.29, 1.82) is 0 Å². The van der Waals surface area contributed by atoms with E-state index in [1.165, 1.54) is 0 Å². The van der Waals surface area contributed by atoms with Gasteiger partial charge in [-0.3, -0.25) is 9.59 Å². The van der Waals surface area contributed by atoms with Gasteiger partial charge in [0.1, 0.15) is 34.5 Å². The van der Waals surface area contributed by atoms with Gasteiger partial charge in [0, 0.05) is 12.8 Å². The van der Waals surface area contributed by atoms with Gasteiger partial charge in [-0.25, -0.2) is 0 Å². The number of hydrogen-bond acceptors (Lipinski definition) is 8. The van der Waals surface area contributed by atoms with Crippen LogP contribution in [0.15, 0.2) is 97.1 Å². The molecule has 8 nitrogen and oxygen atoms in total. The molecule has 0 aliphatic heterocycles. The molecule has 0 amide bonds. The fourth-order valence-corrected chi connectivity index (χ4v) is 5.32. The smallest absolute Gasteiger partial charge is 0.311 e. The molecular formula is C42H50O8. The van der Waals surface area contributed by atoms with Crippen molar-refractivity contribution >= 4 is 11.9 Å². The van der Waals surface area contributed by atoms with Crippen molar-refractivity contribution in [2.45, 2.75) is 77.0 Å². The summed E-state index contributed by atoms with van der Waals surface area (Å²) in [5.74, 6) is 3.87. The maximum Gasteiger partial charge on any atom is 0.311 e. The van der Waals surface area contributed by atoms with Crippen LogP contribution in [0.1, 0.15) is 77.0 Å². The SMILES string of the molecule is COc1ccc(OC(=O)CCCCCCCOc2ccc(-c3ccc(OCCCCCCCC(=O)Oc4ccc(OC)cc4)cc3)cc2)cc1. The molecule has 0 aromatic heterocycles. The normalized spacial score (nSPS) is 10.7. The van der Waals surface area contributed by atoms with E-state index in [-0.39, 0.29) is 11.9 Å². The molecule has 0 saturated heterocycles. The van der Waals surface area contributed by atoms with E-state index in [0.29, 0.717) is 37.6 Å². The Bertz CT molecular complexity index is 1410. The van der Waals surface area contributed by atoms with Gasteiger partial charge in [-0.2, -0.15) is 0 Å². The molecule has 4 aromatic rings. The number of unbranched alkanes of at least 4 members (excludes halogenated alkanes) is 8. The Morgan fingerprint density at radius 3 is 1.04 bits per heavy atom. The predicted octanol–water partition coefficient (Wildman–Crippen LogP) is 10.0. The summed E-state index contributed by atoms with van der Waals surface area (Å²) in [5, 5.41) is 0. The summed E-state index contributed by atoms with van der Waals surface area (Å²) >= 11 is 0. The Morgan fingerprint density at radius 2 is 0.680 bits per heavy atom. The van der Waals surface area contributed by atoms with Crippen LogP contribution in [-0.4, -0.2) is 39.4 Å². The van der Waals surface area contributed by atoms with Crippen molar-refractivity contribution in [1.82, 2.24) is 0 Å². The highest BCUT2D eigenvalue weighted by Gasteiger charge is 2.07. The van der Waals surface area contributed by atoms with Crippen molar-refractivity contribution in [3.8, 4) is 45.6 Å². The summed E-state index contributed by atoms with van der Waals surface area (Å²) in [5.41, 5.74) is 2.25. The number of carbonyl (C=O) groups is 2. The summed E-state index contributed by atoms with van der Waals surface area (Å²) in [6, 6.07) is 30.4. The first kappa shape index (κ1) is 37.8. The van der Waals surface area contributed by atoms with Crippen LogP contribution in [0.3, 0.4) is 0 Å². The van der Waals surface area contributed by atoms with Crippen LogP contribution < -0.4 is 28.4 Å². The Labute approximate surface area is 296 Å². The summed E-state index contributed by atoms with van der Waals surface area (Å²) in [4.78, 5) is 24.1. The molecule has 0 heterocycles. The average Bonchev–Trinajstić information content (AvgIpc) is 3.15. The van der Waals surface area contributed by atoms with Crippen molar-refractivity contribution in [2.75, 3.05) is 27.4 Å². The lowest BCUT2D eigenvalue weighted by molar-refractivity contribution is -0.135. The van der Waals surface area contributed by atoms with E-state index in [1.807, 2.05) is 24.3 Å². The first-order valence-electron chi connectivity index (χ1n) is 17.7. The molecule has 266 valence electrons. The number of methoxy groups -OCH3 is 2. The van der Waals surface area contributed by atoms with Crippen LogP contribution in [0, 0.1) is 0 Å². The quantitative estimate of drug-likeness (QED) is 0.0434. The minimum Gasteiger partial charge on any atom is -0.497 e. The molecule has 4 rings (SSSR count). The Balaban J connectivity index is 0.987. The van der Waals surface area contributed by atoms with E-state index in [4.69, 9.17) is 28.4 Å². The zero-order valence-corrected chi connectivity index (χ0v) is 29.4. The second-order valence-corrected chi connectivity index (χ2v) is 12.1. The molecule has 0 radical (unpaired) electrons. The zero-order chi connectivity index (χ0) is 35.2. The van der Waals surface area contributed by atoms with Crippen molar-refractivity contribution < 1.29 is 38.0 Å². The van der Waals surface area contributed by atoms with Crippen molar-refractivity contribution in [3.05, 3.63) is 97.1 Å². The highest BCUT2D eigenvalue weighted by Crippen LogP contribution is 2.25. The van der Waals surface area contributed by atoms with E-state index in [2.05, 4.69) is 24.3 Å². The number of rotatable bonds is 23. The van der Waals surface area contributed by atoms with Gasteiger partial charge in [-0.05, 0) is 110 Å². The highest BCUT2D eigenvalue weighted by molar-refractivity contribution is 5.72. The van der Waals surface area contributed by atoms with Gasteiger partial charge in [0.25, 0.3) is 0 Å². The monoisotopic (exact) mass is 682 g/mol. The minimum absolute atomic E-state index is 0.203. The highest BCUT2D eigenvalue weighted by atomic mass is 16.5. The summed E-state index contributed by atoms with van der Waals surface area (Å²) in [6.45, 7) is 1.34. The van der Waals surface area contributed by atoms with Gasteiger partial charge in [-0.15, -0.1) is 0 Å². The molecule has 50 heavy (non-hydrogen) atoms. The lowest BCUT2D eigenvalue weighted by atomic mass is 10.1. The molecule has 0 N–H and O–H groups in total. The number of hydrogen-bond donors (Lipinski definition) is 0. The molecule has 0 unspecified atom stereocenters. The first-order chi connectivity index (χ1) is 24.5. The summed E-state index contributed by atoms with van der Waals surface area (Å²) in [6.07, 6.45) is 10.6. The van der Waals surface area contributed by atoms with Crippen molar-refractivity contribution in [2.24, 2.45) is 0 Å². The van der Waals surface area contributed by atoms with E-state index < -0.39 is 0 Å². The topological polar surface area (TPSA) is 89.5 Å². The third kappa shape index (κ3) is 14.2. The fraction of sp³-hybridized carbons (Fsp3) is 0.381. The molecule has 0 bridgehead atoms. The van der Waals surface area contributed by atoms with Gasteiger partial charge >= 0.3 is 11.9 Å². The number of benzene rings is 4. The standard InChI is InChI=1S/C42H50O8/c1-45-35-23-27-39(28-24-35)49-41(43)13-9-5-3-7-11-31-47-37-19-15-33(16-20-37)34-17-21-38(22-18-34)48-32-12-8-4-6-10-14-42(44)50-40-29-25-36(46-2)26-30-40/h15-30H,3-14,31-32H2,1-2H3. The molecule has 0 aliphatic rings. The number of esters is 2. The second kappa shape index (κ2) is 21.9. The molecule has 0 fully saturated rings. The van der Waals surface area contributed by atoms with Crippen LogP contribution in [-0.2, 0) is 9.59 Å². The van der Waals surface area contributed by atoms with Gasteiger partial charge in [-0.1, -0.05) is 62.8 Å². The zero-order valence-electron chi connectivity index (χ0n) is 29.4. The lowest BCUT2D eigenvalue weighted by Crippen LogP contribution is -2.07. The fourth-order valence-electron chi connectivity index (χ4n) is 5.32. The largest absolute Gasteiger partial charge is 0.497 e. The Hall–Kier alpha value is -4.98. The predicted molar refractivity (Wildman–Crippen MR) is 196 cm³/mol. The maximum absolute atomic E-state index is 12.0. The van der Waals surface area contributed by atoms with E-state index in [9.17, 15) is 9.59 Å². The average molecular weight is 683 g/mol. The van der Waals surface area contributed by atoms with Gasteiger partial charge < -0.3 is 28.4 Å². The molecule has 0 spiro atoms. The summed E-state index contributed by atoms with van der Waals surface area (Å²) in [7, 11) is 3.21. The lowest BCUT2D eigenvalue weighted by Gasteiger charge is -2.09. The summed E-state index contributed by atoms with van der Waals surface area (Å²) < 4.78 is 32.9. The van der Waals surface area contributed by atoms with Gasteiger partial charge in [0.2, 0.25) is 0 Å². The Morgan fingerprint density at radius 1 is 0.380 bits per heavy atom. The number of carbonyl (C=O) groups excluding carboxylic acids is 2. The van der Waals surface area contributed by atoms with Gasteiger partial charge in [0.05, 0.1) is 27.4 Å². The third-order valence-corrected chi connectivity index (χ3v) is 8.21. The van der Waals surface area contributed by atoms with E-state index in [0.717, 1.165) is 98.3 Å². The Kier molecular flexibility index (Phi) is 16.6. The van der Waals surface area contributed by atoms with E-state index in [1.54, 1.807) is 62.8 Å². The second-order valence-electron chi connectivity index (χ2n) is 12.1. The molecule has 0 atom stereocenters. The minimum atomic E-state index is -0.203. The number of ether oxygens (including phenoxy) is 6. The first-order valence-corrected chi connectivity index (χ1v) is 17.7. The van der Waals surface area contributed by atoms with E-state index >= 15 is 0 Å². The molecule has 0 aliphatic carbocycles. The van der Waals surface area contributed by atoms with Crippen LogP contribution >= 0.6 is 0 Å². The van der Waals surface area contributed by atoms with Crippen LogP contribution in [0.25, 0.3) is 11.1 Å². The molecular weight excluding hydrogens is 632 g/mol. The maximum atomic E-state index is 12.0. The van der Waals surface area contributed by atoms with Crippen molar-refractivity contribution in [3.63, 3.8) is 0 Å². The van der Waals surface area contributed by atoms with Crippen LogP contribution in [0.5, 0.6) is 34.5 Å². The third-order valence-electron chi connectivity index (χ3n) is 8.21.